The van der Waals surface area contributed by atoms with Gasteiger partial charge >= 0.3 is 0 Å². The number of rotatable bonds is 3. The fraction of sp³-hybridized carbons (Fsp3) is 0.750. The van der Waals surface area contributed by atoms with Crippen LogP contribution in [-0.4, -0.2) is 52.1 Å². The zero-order valence-electron chi connectivity index (χ0n) is 10.4. The fourth-order valence-electron chi connectivity index (χ4n) is 2.84. The first-order valence-electron chi connectivity index (χ1n) is 6.47. The third-order valence-electron chi connectivity index (χ3n) is 4.00. The van der Waals surface area contributed by atoms with E-state index in [2.05, 4.69) is 10.3 Å². The van der Waals surface area contributed by atoms with Gasteiger partial charge in [-0.15, -0.1) is 5.10 Å². The van der Waals surface area contributed by atoms with E-state index in [4.69, 9.17) is 4.74 Å². The molecule has 0 radical (unpaired) electrons. The highest BCUT2D eigenvalue weighted by Gasteiger charge is 2.42. The van der Waals surface area contributed by atoms with Gasteiger partial charge < -0.3 is 9.64 Å². The van der Waals surface area contributed by atoms with E-state index < -0.39 is 0 Å². The molecule has 1 unspecified atom stereocenters. The summed E-state index contributed by atoms with van der Waals surface area (Å²) in [5.74, 6) is 0.217. The van der Waals surface area contributed by atoms with Crippen LogP contribution in [0.1, 0.15) is 19.3 Å². The van der Waals surface area contributed by atoms with Gasteiger partial charge in [0.1, 0.15) is 0 Å². The van der Waals surface area contributed by atoms with Crippen molar-refractivity contribution in [2.45, 2.75) is 25.8 Å². The topological polar surface area (TPSA) is 60.2 Å². The molecule has 18 heavy (non-hydrogen) atoms. The van der Waals surface area contributed by atoms with E-state index >= 15 is 0 Å². The molecule has 1 aromatic rings. The van der Waals surface area contributed by atoms with Crippen LogP contribution in [0.5, 0.6) is 0 Å². The molecule has 98 valence electrons. The van der Waals surface area contributed by atoms with Crippen molar-refractivity contribution < 1.29 is 9.53 Å². The number of hydrogen-bond donors (Lipinski definition) is 0. The van der Waals surface area contributed by atoms with Crippen molar-refractivity contribution in [2.75, 3.05) is 26.3 Å². The van der Waals surface area contributed by atoms with Gasteiger partial charge in [0.25, 0.3) is 0 Å². The third kappa shape index (κ3) is 2.25. The van der Waals surface area contributed by atoms with Crippen molar-refractivity contribution in [3.63, 3.8) is 0 Å². The molecule has 6 nitrogen and oxygen atoms in total. The Labute approximate surface area is 106 Å². The van der Waals surface area contributed by atoms with Gasteiger partial charge in [-0.05, 0) is 12.8 Å². The average molecular weight is 250 g/mol. The van der Waals surface area contributed by atoms with Gasteiger partial charge in [0, 0.05) is 37.7 Å². The minimum Gasteiger partial charge on any atom is -0.381 e. The lowest BCUT2D eigenvalue weighted by Gasteiger charge is -2.21. The van der Waals surface area contributed by atoms with Crippen molar-refractivity contribution in [1.82, 2.24) is 19.9 Å². The number of amides is 1. The number of carbonyl (C=O) groups excluding carboxylic acids is 1. The molecule has 1 aromatic heterocycles. The molecule has 6 heteroatoms. The van der Waals surface area contributed by atoms with Crippen LogP contribution in [0.2, 0.25) is 0 Å². The molecule has 3 heterocycles. The van der Waals surface area contributed by atoms with Crippen molar-refractivity contribution in [1.29, 1.82) is 0 Å². The van der Waals surface area contributed by atoms with Crippen molar-refractivity contribution >= 4 is 5.91 Å². The van der Waals surface area contributed by atoms with Crippen LogP contribution in [0, 0.1) is 5.41 Å². The third-order valence-corrected chi connectivity index (χ3v) is 4.00. The zero-order valence-corrected chi connectivity index (χ0v) is 10.4. The molecule has 2 fully saturated rings. The van der Waals surface area contributed by atoms with E-state index in [-0.39, 0.29) is 11.3 Å². The Morgan fingerprint density at radius 1 is 1.44 bits per heavy atom. The number of aromatic nitrogens is 3. The maximum atomic E-state index is 12.1. The first-order valence-corrected chi connectivity index (χ1v) is 6.47. The number of ether oxygens (including phenoxy) is 1. The van der Waals surface area contributed by atoms with E-state index in [1.54, 1.807) is 17.1 Å². The fourth-order valence-corrected chi connectivity index (χ4v) is 2.84. The molecule has 0 aromatic carbocycles. The predicted octanol–water partition coefficient (Wildman–Crippen LogP) is 0.307. The molecule has 2 aliphatic heterocycles. The first-order chi connectivity index (χ1) is 8.77. The van der Waals surface area contributed by atoms with Crippen LogP contribution in [0.3, 0.4) is 0 Å². The Hall–Kier alpha value is -1.43. The maximum Gasteiger partial charge on any atom is 0.224 e. The summed E-state index contributed by atoms with van der Waals surface area (Å²) in [5.41, 5.74) is 0.253. The minimum absolute atomic E-state index is 0.217. The summed E-state index contributed by atoms with van der Waals surface area (Å²) < 4.78 is 7.17. The maximum absolute atomic E-state index is 12.1. The second-order valence-electron chi connectivity index (χ2n) is 5.28. The number of aryl methyl sites for hydroxylation is 1. The summed E-state index contributed by atoms with van der Waals surface area (Å²) in [6.07, 6.45) is 6.09. The molecule has 3 rings (SSSR count). The molecule has 1 amide bonds. The highest BCUT2D eigenvalue weighted by molar-refractivity contribution is 5.76. The van der Waals surface area contributed by atoms with E-state index in [1.165, 1.54) is 0 Å². The molecule has 0 saturated carbocycles. The molecular weight excluding hydrogens is 232 g/mol. The smallest absolute Gasteiger partial charge is 0.224 e. The summed E-state index contributed by atoms with van der Waals surface area (Å²) in [5, 5.41) is 7.59. The number of carbonyl (C=O) groups is 1. The van der Waals surface area contributed by atoms with Gasteiger partial charge in [-0.25, -0.2) is 0 Å². The second kappa shape index (κ2) is 4.68. The van der Waals surface area contributed by atoms with Gasteiger partial charge in [-0.2, -0.15) is 0 Å². The van der Waals surface area contributed by atoms with Crippen molar-refractivity contribution in [3.05, 3.63) is 12.4 Å². The van der Waals surface area contributed by atoms with Gasteiger partial charge in [-0.1, -0.05) is 5.21 Å². The SMILES string of the molecule is O=C(CCn1ccnn1)N1CCC2(CCOC2)C1. The highest BCUT2D eigenvalue weighted by atomic mass is 16.5. The first kappa shape index (κ1) is 11.6. The standard InChI is InChI=1S/C12H18N4O2/c17-11(1-5-16-7-4-13-14-16)15-6-2-12(9-15)3-8-18-10-12/h4,7H,1-3,5-6,8-10H2. The molecular formula is C12H18N4O2. The summed E-state index contributed by atoms with van der Waals surface area (Å²) in [6, 6.07) is 0. The van der Waals surface area contributed by atoms with E-state index in [1.807, 2.05) is 4.90 Å². The van der Waals surface area contributed by atoms with Crippen LogP contribution >= 0.6 is 0 Å². The summed E-state index contributed by atoms with van der Waals surface area (Å²) in [6.45, 7) is 4.02. The van der Waals surface area contributed by atoms with Gasteiger partial charge in [0.05, 0.1) is 19.3 Å². The summed E-state index contributed by atoms with van der Waals surface area (Å²) in [7, 11) is 0. The summed E-state index contributed by atoms with van der Waals surface area (Å²) in [4.78, 5) is 14.1. The second-order valence-corrected chi connectivity index (χ2v) is 5.28. The Kier molecular flexibility index (Phi) is 3.03. The minimum atomic E-state index is 0.217. The van der Waals surface area contributed by atoms with Crippen LogP contribution in [0.25, 0.3) is 0 Å². The Balaban J connectivity index is 1.51. The van der Waals surface area contributed by atoms with Gasteiger partial charge in [0.15, 0.2) is 0 Å². The Bertz CT molecular complexity index is 412. The van der Waals surface area contributed by atoms with E-state index in [0.29, 0.717) is 13.0 Å². The lowest BCUT2D eigenvalue weighted by Crippen LogP contribution is -2.32. The van der Waals surface area contributed by atoms with Crippen LogP contribution in [-0.2, 0) is 16.1 Å². The van der Waals surface area contributed by atoms with E-state index in [0.717, 1.165) is 39.1 Å². The van der Waals surface area contributed by atoms with Crippen LogP contribution in [0.4, 0.5) is 0 Å². The quantitative estimate of drug-likeness (QED) is 0.774. The molecule has 2 saturated heterocycles. The van der Waals surface area contributed by atoms with Gasteiger partial charge in [0.2, 0.25) is 5.91 Å². The van der Waals surface area contributed by atoms with Crippen molar-refractivity contribution in [2.24, 2.45) is 5.41 Å². The molecule has 0 aliphatic carbocycles. The molecule has 2 aliphatic rings. The lowest BCUT2D eigenvalue weighted by molar-refractivity contribution is -0.130. The number of nitrogens with zero attached hydrogens (tertiary/aromatic N) is 4. The molecule has 1 spiro atoms. The predicted molar refractivity (Wildman–Crippen MR) is 63.7 cm³/mol. The molecule has 0 N–H and O–H groups in total. The van der Waals surface area contributed by atoms with Crippen LogP contribution < -0.4 is 0 Å². The normalized spacial score (nSPS) is 27.2. The number of hydrogen-bond acceptors (Lipinski definition) is 4. The lowest BCUT2D eigenvalue weighted by atomic mass is 9.87. The number of likely N-dealkylation sites (tertiary alicyclic amines) is 1. The highest BCUT2D eigenvalue weighted by Crippen LogP contribution is 2.38. The van der Waals surface area contributed by atoms with Crippen molar-refractivity contribution in [3.8, 4) is 0 Å². The largest absolute Gasteiger partial charge is 0.381 e. The van der Waals surface area contributed by atoms with Crippen LogP contribution in [0.15, 0.2) is 12.4 Å². The average Bonchev–Trinajstić information content (AvgIpc) is 3.10. The molecule has 1 atom stereocenters. The summed E-state index contributed by atoms with van der Waals surface area (Å²) >= 11 is 0. The monoisotopic (exact) mass is 250 g/mol. The van der Waals surface area contributed by atoms with E-state index in [9.17, 15) is 4.79 Å². The van der Waals surface area contributed by atoms with Gasteiger partial charge in [-0.3, -0.25) is 9.48 Å². The Morgan fingerprint density at radius 3 is 3.11 bits per heavy atom. The zero-order chi connectivity index (χ0) is 12.4. The molecule has 0 bridgehead atoms. The Morgan fingerprint density at radius 2 is 2.39 bits per heavy atom.